The zero-order valence-corrected chi connectivity index (χ0v) is 20.3. The van der Waals surface area contributed by atoms with E-state index in [1.54, 1.807) is 24.3 Å². The minimum Gasteiger partial charge on any atom is -0.495 e. The molecule has 0 spiro atoms. The number of hydrogen-bond donors (Lipinski definition) is 1. The molecule has 0 aliphatic carbocycles. The van der Waals surface area contributed by atoms with Gasteiger partial charge in [-0.05, 0) is 62.1 Å². The number of benzene rings is 2. The minimum absolute atomic E-state index is 0.0116. The van der Waals surface area contributed by atoms with Crippen LogP contribution in [0.4, 0.5) is 5.69 Å². The second kappa shape index (κ2) is 10.6. The predicted octanol–water partition coefficient (Wildman–Crippen LogP) is 3.75. The van der Waals surface area contributed by atoms with E-state index in [4.69, 9.17) is 4.74 Å². The first-order valence-electron chi connectivity index (χ1n) is 11.8. The number of amides is 2. The lowest BCUT2D eigenvalue weighted by Gasteiger charge is -2.21. The van der Waals surface area contributed by atoms with Gasteiger partial charge in [0.2, 0.25) is 10.0 Å². The molecule has 182 valence electrons. The summed E-state index contributed by atoms with van der Waals surface area (Å²) in [7, 11) is -2.39. The second-order valence-corrected chi connectivity index (χ2v) is 10.6. The first-order chi connectivity index (χ1) is 16.4. The van der Waals surface area contributed by atoms with Gasteiger partial charge in [-0.1, -0.05) is 18.9 Å². The Morgan fingerprint density at radius 1 is 0.853 bits per heavy atom. The third kappa shape index (κ3) is 5.26. The molecule has 2 amide bonds. The van der Waals surface area contributed by atoms with Crippen LogP contribution in [-0.4, -0.2) is 62.7 Å². The van der Waals surface area contributed by atoms with Gasteiger partial charge in [0, 0.05) is 43.0 Å². The normalized spacial score (nSPS) is 17.3. The van der Waals surface area contributed by atoms with Gasteiger partial charge >= 0.3 is 0 Å². The maximum Gasteiger partial charge on any atom is 0.255 e. The third-order valence-corrected chi connectivity index (χ3v) is 8.29. The molecule has 2 aliphatic rings. The highest BCUT2D eigenvalue weighted by Crippen LogP contribution is 2.30. The second-order valence-electron chi connectivity index (χ2n) is 8.72. The van der Waals surface area contributed by atoms with E-state index in [1.807, 2.05) is 4.90 Å². The zero-order chi connectivity index (χ0) is 24.1. The van der Waals surface area contributed by atoms with E-state index >= 15 is 0 Å². The zero-order valence-electron chi connectivity index (χ0n) is 19.5. The molecule has 8 nitrogen and oxygen atoms in total. The van der Waals surface area contributed by atoms with Crippen molar-refractivity contribution in [3.63, 3.8) is 0 Å². The summed E-state index contributed by atoms with van der Waals surface area (Å²) in [6.07, 6.45) is 5.64. The molecule has 4 rings (SSSR count). The van der Waals surface area contributed by atoms with E-state index in [9.17, 15) is 18.0 Å². The molecule has 0 atom stereocenters. The van der Waals surface area contributed by atoms with Crippen LogP contribution in [0.2, 0.25) is 0 Å². The Hall–Kier alpha value is -2.91. The van der Waals surface area contributed by atoms with Crippen molar-refractivity contribution in [3.05, 3.63) is 53.6 Å². The number of sulfonamides is 1. The average Bonchev–Trinajstić information content (AvgIpc) is 3.24. The molecule has 2 aromatic rings. The number of carbonyl (C=O) groups is 2. The largest absolute Gasteiger partial charge is 0.495 e. The van der Waals surface area contributed by atoms with Crippen molar-refractivity contribution in [1.82, 2.24) is 9.21 Å². The smallest absolute Gasteiger partial charge is 0.255 e. The summed E-state index contributed by atoms with van der Waals surface area (Å²) < 4.78 is 33.5. The molecule has 9 heteroatoms. The number of hydrogen-bond acceptors (Lipinski definition) is 5. The van der Waals surface area contributed by atoms with Crippen molar-refractivity contribution in [2.75, 3.05) is 38.6 Å². The van der Waals surface area contributed by atoms with Crippen LogP contribution in [0.15, 0.2) is 47.4 Å². The van der Waals surface area contributed by atoms with Crippen molar-refractivity contribution in [1.29, 1.82) is 0 Å². The molecule has 0 unspecified atom stereocenters. The number of anilines is 1. The predicted molar refractivity (Wildman–Crippen MR) is 130 cm³/mol. The Balaban J connectivity index is 1.56. The first-order valence-corrected chi connectivity index (χ1v) is 13.2. The van der Waals surface area contributed by atoms with Crippen molar-refractivity contribution < 1.29 is 22.7 Å². The maximum absolute atomic E-state index is 13.4. The molecule has 2 aliphatic heterocycles. The molecule has 2 saturated heterocycles. The lowest BCUT2D eigenvalue weighted by molar-refractivity contribution is 0.0792. The van der Waals surface area contributed by atoms with Gasteiger partial charge in [-0.15, -0.1) is 0 Å². The summed E-state index contributed by atoms with van der Waals surface area (Å²) >= 11 is 0. The topological polar surface area (TPSA) is 96.0 Å². The third-order valence-electron chi connectivity index (χ3n) is 6.37. The van der Waals surface area contributed by atoms with Crippen LogP contribution in [0.25, 0.3) is 0 Å². The summed E-state index contributed by atoms with van der Waals surface area (Å²) in [5.41, 5.74) is 1.19. The highest BCUT2D eigenvalue weighted by atomic mass is 32.2. The van der Waals surface area contributed by atoms with E-state index in [1.165, 1.54) is 29.6 Å². The maximum atomic E-state index is 13.4. The molecular formula is C25H31N3O5S. The van der Waals surface area contributed by atoms with Crippen molar-refractivity contribution in [3.8, 4) is 5.75 Å². The summed E-state index contributed by atoms with van der Waals surface area (Å²) in [4.78, 5) is 27.5. The van der Waals surface area contributed by atoms with Gasteiger partial charge in [0.05, 0.1) is 7.11 Å². The highest BCUT2D eigenvalue weighted by Gasteiger charge is 2.29. The Kier molecular flexibility index (Phi) is 7.53. The fraction of sp³-hybridized carbons (Fsp3) is 0.440. The van der Waals surface area contributed by atoms with Gasteiger partial charge in [0.15, 0.2) is 0 Å². The monoisotopic (exact) mass is 485 g/mol. The van der Waals surface area contributed by atoms with Gasteiger partial charge in [-0.25, -0.2) is 8.42 Å². The quantitative estimate of drug-likeness (QED) is 0.672. The molecule has 2 fully saturated rings. The summed E-state index contributed by atoms with van der Waals surface area (Å²) in [5, 5.41) is 2.79. The molecule has 0 bridgehead atoms. The Morgan fingerprint density at radius 2 is 1.53 bits per heavy atom. The lowest BCUT2D eigenvalue weighted by atomic mass is 10.1. The van der Waals surface area contributed by atoms with Crippen molar-refractivity contribution in [2.24, 2.45) is 0 Å². The molecule has 2 aromatic carbocycles. The Morgan fingerprint density at radius 3 is 2.21 bits per heavy atom. The number of likely N-dealkylation sites (tertiary alicyclic amines) is 1. The van der Waals surface area contributed by atoms with Crippen LogP contribution >= 0.6 is 0 Å². The van der Waals surface area contributed by atoms with Gasteiger partial charge in [-0.3, -0.25) is 9.59 Å². The Labute approximate surface area is 200 Å². The molecule has 0 aromatic heterocycles. The number of rotatable bonds is 6. The minimum atomic E-state index is -3.81. The van der Waals surface area contributed by atoms with Gasteiger partial charge in [0.1, 0.15) is 10.6 Å². The highest BCUT2D eigenvalue weighted by molar-refractivity contribution is 7.89. The fourth-order valence-corrected chi connectivity index (χ4v) is 6.18. The van der Waals surface area contributed by atoms with Crippen molar-refractivity contribution in [2.45, 2.75) is 43.4 Å². The lowest BCUT2D eigenvalue weighted by Crippen LogP contribution is -2.32. The molecule has 0 saturated carbocycles. The van der Waals surface area contributed by atoms with Crippen LogP contribution in [0.1, 0.15) is 59.2 Å². The first kappa shape index (κ1) is 24.2. The van der Waals surface area contributed by atoms with E-state index in [-0.39, 0.29) is 22.1 Å². The standard InChI is InChI=1S/C25H31N3O5S/c1-33-22-12-11-19(18-23(22)34(31,32)28-15-4-2-3-5-16-28)24(29)26-21-10-8-9-20(17-21)25(30)27-13-6-7-14-27/h8-12,17-18H,2-7,13-16H2,1H3,(H,26,29). The molecular weight excluding hydrogens is 454 g/mol. The SMILES string of the molecule is COc1ccc(C(=O)Nc2cccc(C(=O)N3CCCC3)c2)cc1S(=O)(=O)N1CCCCCC1. The van der Waals surface area contributed by atoms with Crippen LogP contribution in [0.3, 0.4) is 0 Å². The van der Waals surface area contributed by atoms with Crippen LogP contribution < -0.4 is 10.1 Å². The Bertz CT molecular complexity index is 1150. The van der Waals surface area contributed by atoms with Crippen LogP contribution in [0, 0.1) is 0 Å². The van der Waals surface area contributed by atoms with Crippen molar-refractivity contribution >= 4 is 27.5 Å². The average molecular weight is 486 g/mol. The number of carbonyl (C=O) groups excluding carboxylic acids is 2. The number of methoxy groups -OCH3 is 1. The summed E-state index contributed by atoms with van der Waals surface area (Å²) in [6.45, 7) is 2.41. The van der Waals surface area contributed by atoms with Crippen LogP contribution in [-0.2, 0) is 10.0 Å². The number of nitrogens with zero attached hydrogens (tertiary/aromatic N) is 2. The van der Waals surface area contributed by atoms with E-state index < -0.39 is 15.9 Å². The van der Waals surface area contributed by atoms with E-state index in [2.05, 4.69) is 5.32 Å². The molecule has 1 N–H and O–H groups in total. The summed E-state index contributed by atoms with van der Waals surface area (Å²) in [5.74, 6) is -0.302. The molecule has 2 heterocycles. The van der Waals surface area contributed by atoms with Gasteiger partial charge in [0.25, 0.3) is 11.8 Å². The number of ether oxygens (including phenoxy) is 1. The number of nitrogens with one attached hydrogen (secondary N) is 1. The fourth-order valence-electron chi connectivity index (χ4n) is 4.48. The van der Waals surface area contributed by atoms with E-state index in [0.29, 0.717) is 24.3 Å². The van der Waals surface area contributed by atoms with Gasteiger partial charge in [-0.2, -0.15) is 4.31 Å². The van der Waals surface area contributed by atoms with Crippen LogP contribution in [0.5, 0.6) is 5.75 Å². The molecule has 0 radical (unpaired) electrons. The summed E-state index contributed by atoms with van der Waals surface area (Å²) in [6, 6.07) is 11.2. The molecule has 34 heavy (non-hydrogen) atoms. The van der Waals surface area contributed by atoms with E-state index in [0.717, 1.165) is 51.6 Å². The van der Waals surface area contributed by atoms with Gasteiger partial charge < -0.3 is 15.0 Å².